The van der Waals surface area contributed by atoms with Gasteiger partial charge in [-0.3, -0.25) is 4.90 Å². The van der Waals surface area contributed by atoms with Gasteiger partial charge in [0.1, 0.15) is 0 Å². The van der Waals surface area contributed by atoms with Crippen molar-refractivity contribution < 1.29 is 0 Å². The Balaban J connectivity index is 2.22. The first-order valence-electron chi connectivity index (χ1n) is 7.22. The van der Waals surface area contributed by atoms with Crippen molar-refractivity contribution in [1.29, 1.82) is 0 Å². The highest BCUT2D eigenvalue weighted by Gasteiger charge is 2.24. The second-order valence-corrected chi connectivity index (χ2v) is 5.39. The maximum atomic E-state index is 3.57. The fraction of sp³-hybridized carbons (Fsp3) is 1.00. The SMILES string of the molecule is CCCNCC1CCCN1CC(C)CCC. The number of rotatable bonds is 8. The molecular weight excluding hydrogens is 196 g/mol. The van der Waals surface area contributed by atoms with E-state index in [1.54, 1.807) is 0 Å². The van der Waals surface area contributed by atoms with Gasteiger partial charge in [0, 0.05) is 19.1 Å². The zero-order valence-corrected chi connectivity index (χ0v) is 11.5. The first-order valence-corrected chi connectivity index (χ1v) is 7.22. The first kappa shape index (κ1) is 14.0. The monoisotopic (exact) mass is 226 g/mol. The van der Waals surface area contributed by atoms with Gasteiger partial charge in [0.2, 0.25) is 0 Å². The summed E-state index contributed by atoms with van der Waals surface area (Å²) in [7, 11) is 0. The van der Waals surface area contributed by atoms with Crippen LogP contribution in [0.3, 0.4) is 0 Å². The minimum atomic E-state index is 0.811. The van der Waals surface area contributed by atoms with Crippen LogP contribution in [-0.4, -0.2) is 37.1 Å². The smallest absolute Gasteiger partial charge is 0.0221 e. The Kier molecular flexibility index (Phi) is 7.06. The quantitative estimate of drug-likeness (QED) is 0.640. The Morgan fingerprint density at radius 2 is 2.12 bits per heavy atom. The standard InChI is InChI=1S/C14H30N2/c1-4-7-13(3)12-16-10-6-8-14(16)11-15-9-5-2/h13-15H,4-12H2,1-3H3. The third-order valence-corrected chi connectivity index (χ3v) is 3.63. The molecule has 0 aromatic heterocycles. The van der Waals surface area contributed by atoms with E-state index in [1.807, 2.05) is 0 Å². The lowest BCUT2D eigenvalue weighted by atomic mass is 10.1. The summed E-state index contributed by atoms with van der Waals surface area (Å²) in [6.45, 7) is 11.9. The van der Waals surface area contributed by atoms with Gasteiger partial charge in [-0.2, -0.15) is 0 Å². The van der Waals surface area contributed by atoms with Crippen molar-refractivity contribution in [3.63, 3.8) is 0 Å². The van der Waals surface area contributed by atoms with E-state index < -0.39 is 0 Å². The highest BCUT2D eigenvalue weighted by Crippen LogP contribution is 2.19. The van der Waals surface area contributed by atoms with Crippen molar-refractivity contribution in [2.24, 2.45) is 5.92 Å². The van der Waals surface area contributed by atoms with Crippen LogP contribution in [0.2, 0.25) is 0 Å². The molecule has 1 fully saturated rings. The van der Waals surface area contributed by atoms with Crippen LogP contribution in [0.15, 0.2) is 0 Å². The van der Waals surface area contributed by atoms with Crippen molar-refractivity contribution in [3.05, 3.63) is 0 Å². The van der Waals surface area contributed by atoms with Crippen LogP contribution in [0.5, 0.6) is 0 Å². The zero-order valence-electron chi connectivity index (χ0n) is 11.5. The summed E-state index contributed by atoms with van der Waals surface area (Å²) in [6.07, 6.45) is 6.76. The van der Waals surface area contributed by atoms with Gasteiger partial charge < -0.3 is 5.32 Å². The van der Waals surface area contributed by atoms with E-state index in [9.17, 15) is 0 Å². The van der Waals surface area contributed by atoms with Gasteiger partial charge in [0.15, 0.2) is 0 Å². The van der Waals surface area contributed by atoms with E-state index in [0.717, 1.165) is 12.0 Å². The van der Waals surface area contributed by atoms with Crippen molar-refractivity contribution in [2.75, 3.05) is 26.2 Å². The minimum absolute atomic E-state index is 0.811. The van der Waals surface area contributed by atoms with E-state index in [2.05, 4.69) is 31.0 Å². The minimum Gasteiger partial charge on any atom is -0.315 e. The van der Waals surface area contributed by atoms with Gasteiger partial charge in [-0.25, -0.2) is 0 Å². The number of nitrogens with one attached hydrogen (secondary N) is 1. The molecule has 0 aliphatic carbocycles. The Hall–Kier alpha value is -0.0800. The summed E-state index contributed by atoms with van der Waals surface area (Å²) in [4.78, 5) is 2.71. The molecule has 1 aliphatic heterocycles. The van der Waals surface area contributed by atoms with Gasteiger partial charge in [0.25, 0.3) is 0 Å². The summed E-state index contributed by atoms with van der Waals surface area (Å²) < 4.78 is 0. The predicted molar refractivity (Wildman–Crippen MR) is 71.8 cm³/mol. The summed E-state index contributed by atoms with van der Waals surface area (Å²) in [5, 5.41) is 3.57. The average molecular weight is 226 g/mol. The van der Waals surface area contributed by atoms with Crippen LogP contribution < -0.4 is 5.32 Å². The molecule has 0 bridgehead atoms. The first-order chi connectivity index (χ1) is 7.77. The van der Waals surface area contributed by atoms with E-state index in [4.69, 9.17) is 0 Å². The highest BCUT2D eigenvalue weighted by atomic mass is 15.2. The lowest BCUT2D eigenvalue weighted by molar-refractivity contribution is 0.211. The Morgan fingerprint density at radius 1 is 1.31 bits per heavy atom. The topological polar surface area (TPSA) is 15.3 Å². The fourth-order valence-corrected chi connectivity index (χ4v) is 2.80. The van der Waals surface area contributed by atoms with E-state index in [1.165, 1.54) is 58.3 Å². The summed E-state index contributed by atoms with van der Waals surface area (Å²) >= 11 is 0. The average Bonchev–Trinajstić information content (AvgIpc) is 2.66. The zero-order chi connectivity index (χ0) is 11.8. The predicted octanol–water partition coefficient (Wildman–Crippen LogP) is 2.89. The summed E-state index contributed by atoms with van der Waals surface area (Å²) in [5.74, 6) is 0.872. The highest BCUT2D eigenvalue weighted by molar-refractivity contribution is 4.81. The molecule has 0 amide bonds. The Labute approximate surface area is 102 Å². The normalized spacial score (nSPS) is 23.8. The molecule has 2 unspecified atom stereocenters. The molecule has 2 nitrogen and oxygen atoms in total. The van der Waals surface area contributed by atoms with Crippen molar-refractivity contribution in [3.8, 4) is 0 Å². The fourth-order valence-electron chi connectivity index (χ4n) is 2.80. The van der Waals surface area contributed by atoms with Crippen LogP contribution >= 0.6 is 0 Å². The van der Waals surface area contributed by atoms with Crippen molar-refractivity contribution in [1.82, 2.24) is 10.2 Å². The van der Waals surface area contributed by atoms with Crippen LogP contribution in [0, 0.1) is 5.92 Å². The number of hydrogen-bond donors (Lipinski definition) is 1. The lowest BCUT2D eigenvalue weighted by Gasteiger charge is -2.27. The maximum Gasteiger partial charge on any atom is 0.0221 e. The third-order valence-electron chi connectivity index (χ3n) is 3.63. The van der Waals surface area contributed by atoms with Gasteiger partial charge >= 0.3 is 0 Å². The molecule has 1 saturated heterocycles. The number of nitrogens with zero attached hydrogens (tertiary/aromatic N) is 1. The number of likely N-dealkylation sites (tertiary alicyclic amines) is 1. The van der Waals surface area contributed by atoms with Gasteiger partial charge in [0.05, 0.1) is 0 Å². The molecule has 2 atom stereocenters. The molecule has 96 valence electrons. The molecule has 0 radical (unpaired) electrons. The second-order valence-electron chi connectivity index (χ2n) is 5.39. The van der Waals surface area contributed by atoms with E-state index in [0.29, 0.717) is 0 Å². The maximum absolute atomic E-state index is 3.57. The van der Waals surface area contributed by atoms with E-state index >= 15 is 0 Å². The third kappa shape index (κ3) is 4.84. The van der Waals surface area contributed by atoms with Gasteiger partial charge in [-0.1, -0.05) is 27.2 Å². The van der Waals surface area contributed by atoms with Gasteiger partial charge in [-0.05, 0) is 44.7 Å². The van der Waals surface area contributed by atoms with Crippen LogP contribution in [0.4, 0.5) is 0 Å². The van der Waals surface area contributed by atoms with Crippen LogP contribution in [-0.2, 0) is 0 Å². The van der Waals surface area contributed by atoms with Gasteiger partial charge in [-0.15, -0.1) is 0 Å². The largest absolute Gasteiger partial charge is 0.315 e. The Morgan fingerprint density at radius 3 is 2.81 bits per heavy atom. The van der Waals surface area contributed by atoms with Crippen LogP contribution in [0.25, 0.3) is 0 Å². The summed E-state index contributed by atoms with van der Waals surface area (Å²) in [5.41, 5.74) is 0. The van der Waals surface area contributed by atoms with Crippen LogP contribution in [0.1, 0.15) is 52.9 Å². The molecular formula is C14H30N2. The Bertz CT molecular complexity index is 170. The molecule has 1 heterocycles. The second kappa shape index (κ2) is 8.08. The molecule has 0 spiro atoms. The number of hydrogen-bond acceptors (Lipinski definition) is 2. The molecule has 0 aromatic carbocycles. The molecule has 16 heavy (non-hydrogen) atoms. The summed E-state index contributed by atoms with van der Waals surface area (Å²) in [6, 6.07) is 0.811. The van der Waals surface area contributed by atoms with E-state index in [-0.39, 0.29) is 0 Å². The van der Waals surface area contributed by atoms with Crippen molar-refractivity contribution in [2.45, 2.75) is 58.9 Å². The lowest BCUT2D eigenvalue weighted by Crippen LogP contribution is -2.40. The molecule has 1 aliphatic rings. The molecule has 1 rings (SSSR count). The molecule has 2 heteroatoms. The molecule has 0 aromatic rings. The van der Waals surface area contributed by atoms with Crippen molar-refractivity contribution >= 4 is 0 Å². The molecule has 1 N–H and O–H groups in total. The molecule has 0 saturated carbocycles.